The first-order valence-electron chi connectivity index (χ1n) is 5.72. The maximum atomic E-state index is 11.9. The van der Waals surface area contributed by atoms with Gasteiger partial charge in [0.2, 0.25) is 11.5 Å². The first-order chi connectivity index (χ1) is 8.95. The van der Waals surface area contributed by atoms with Gasteiger partial charge in [-0.2, -0.15) is 0 Å². The molecule has 108 valence electrons. The van der Waals surface area contributed by atoms with Crippen LogP contribution in [0, 0.1) is 6.92 Å². The van der Waals surface area contributed by atoms with Gasteiger partial charge >= 0.3 is 0 Å². The van der Waals surface area contributed by atoms with Gasteiger partial charge in [0.1, 0.15) is 6.20 Å². The van der Waals surface area contributed by atoms with Crippen molar-refractivity contribution in [1.29, 1.82) is 0 Å². The third-order valence-electron chi connectivity index (χ3n) is 2.70. The lowest BCUT2D eigenvalue weighted by atomic mass is 10.2. The monoisotopic (exact) mass is 377 g/mol. The van der Waals surface area contributed by atoms with E-state index in [1.165, 1.54) is 0 Å². The van der Waals surface area contributed by atoms with Gasteiger partial charge in [-0.05, 0) is 42.3 Å². The highest BCUT2D eigenvalue weighted by atomic mass is 79.9. The van der Waals surface area contributed by atoms with Crippen LogP contribution in [-0.2, 0) is 18.4 Å². The summed E-state index contributed by atoms with van der Waals surface area (Å²) in [5.41, 5.74) is 1.86. The molecule has 4 nitrogen and oxygen atoms in total. The minimum atomic E-state index is -0.0889. The molecule has 0 fully saturated rings. The normalized spacial score (nSPS) is 10.0. The van der Waals surface area contributed by atoms with Crippen LogP contribution in [0.25, 0.3) is 0 Å². The topological polar surface area (TPSA) is 37.9 Å². The van der Waals surface area contributed by atoms with Crippen LogP contribution in [0.4, 0.5) is 5.69 Å². The Hall–Kier alpha value is -1.04. The lowest BCUT2D eigenvalue weighted by Crippen LogP contribution is -3.00. The van der Waals surface area contributed by atoms with Crippen molar-refractivity contribution in [3.63, 3.8) is 0 Å². The molecule has 1 heterocycles. The number of amides is 1. The number of halogens is 3. The van der Waals surface area contributed by atoms with Crippen LogP contribution >= 0.6 is 27.5 Å². The van der Waals surface area contributed by atoms with Gasteiger partial charge in [-0.15, -0.1) is 0 Å². The van der Waals surface area contributed by atoms with Gasteiger partial charge in [-0.3, -0.25) is 4.79 Å². The molecule has 0 spiro atoms. The molecular formula is C13H14BrCl2N3O. The number of aromatic nitrogens is 2. The molecule has 0 saturated heterocycles. The molecule has 0 unspecified atom stereocenters. The summed E-state index contributed by atoms with van der Waals surface area (Å²) in [5, 5.41) is 3.44. The SMILES string of the molecule is Cc1cc(NC(=O)C[n+]2cc(Cl)n(C)c2)ccc1Br.[Cl-]. The summed E-state index contributed by atoms with van der Waals surface area (Å²) >= 11 is 9.34. The minimum Gasteiger partial charge on any atom is -1.00 e. The smallest absolute Gasteiger partial charge is 0.266 e. The lowest BCUT2D eigenvalue weighted by molar-refractivity contribution is -0.683. The van der Waals surface area contributed by atoms with E-state index < -0.39 is 0 Å². The molecule has 0 atom stereocenters. The highest BCUT2D eigenvalue weighted by Gasteiger charge is 2.12. The fourth-order valence-electron chi connectivity index (χ4n) is 1.71. The van der Waals surface area contributed by atoms with Crippen molar-refractivity contribution >= 4 is 39.1 Å². The Labute approximate surface area is 137 Å². The van der Waals surface area contributed by atoms with Crippen molar-refractivity contribution in [2.75, 3.05) is 5.32 Å². The van der Waals surface area contributed by atoms with Gasteiger partial charge in [0.15, 0.2) is 6.54 Å². The molecule has 0 saturated carbocycles. The fourth-order valence-corrected chi connectivity index (χ4v) is 2.13. The van der Waals surface area contributed by atoms with Crippen LogP contribution < -0.4 is 22.3 Å². The minimum absolute atomic E-state index is 0. The quantitative estimate of drug-likeness (QED) is 0.730. The summed E-state index contributed by atoms with van der Waals surface area (Å²) in [7, 11) is 1.83. The van der Waals surface area contributed by atoms with E-state index in [1.54, 1.807) is 21.7 Å². The Balaban J connectivity index is 0.00000200. The fraction of sp³-hybridized carbons (Fsp3) is 0.231. The van der Waals surface area contributed by atoms with Gasteiger partial charge in [0, 0.05) is 10.2 Å². The molecule has 7 heteroatoms. The van der Waals surface area contributed by atoms with E-state index >= 15 is 0 Å². The van der Waals surface area contributed by atoms with E-state index in [2.05, 4.69) is 21.2 Å². The molecule has 2 aromatic rings. The highest BCUT2D eigenvalue weighted by molar-refractivity contribution is 9.10. The number of aryl methyl sites for hydroxylation is 2. The first kappa shape index (κ1) is 17.0. The molecule has 0 radical (unpaired) electrons. The van der Waals surface area contributed by atoms with E-state index in [9.17, 15) is 4.79 Å². The Morgan fingerprint density at radius 3 is 2.75 bits per heavy atom. The maximum absolute atomic E-state index is 11.9. The van der Waals surface area contributed by atoms with E-state index in [0.29, 0.717) is 5.15 Å². The van der Waals surface area contributed by atoms with Crippen molar-refractivity contribution in [1.82, 2.24) is 4.57 Å². The van der Waals surface area contributed by atoms with Crippen LogP contribution in [0.1, 0.15) is 5.56 Å². The first-order valence-corrected chi connectivity index (χ1v) is 6.89. The van der Waals surface area contributed by atoms with Crippen LogP contribution in [0.5, 0.6) is 0 Å². The van der Waals surface area contributed by atoms with Crippen molar-refractivity contribution in [2.24, 2.45) is 7.05 Å². The Morgan fingerprint density at radius 1 is 1.50 bits per heavy atom. The summed E-state index contributed by atoms with van der Waals surface area (Å²) in [5.74, 6) is -0.0889. The molecule has 1 N–H and O–H groups in total. The standard InChI is InChI=1S/C13H13BrClN3O.ClH/c1-9-5-10(3-4-11(9)14)16-13(19)7-18-6-12(15)17(2)8-18;/h3-6,8H,7H2,1-2H3;1H. The van der Waals surface area contributed by atoms with Crippen molar-refractivity contribution in [3.05, 3.63) is 45.9 Å². The lowest BCUT2D eigenvalue weighted by Gasteiger charge is -2.05. The zero-order valence-corrected chi connectivity index (χ0v) is 14.1. The number of imidazole rings is 1. The van der Waals surface area contributed by atoms with Crippen molar-refractivity contribution in [3.8, 4) is 0 Å². The second-order valence-electron chi connectivity index (χ2n) is 4.36. The third-order valence-corrected chi connectivity index (χ3v) is 3.95. The Morgan fingerprint density at radius 2 is 2.20 bits per heavy atom. The van der Waals surface area contributed by atoms with Gasteiger partial charge in [-0.25, -0.2) is 9.13 Å². The van der Waals surface area contributed by atoms with E-state index in [-0.39, 0.29) is 24.9 Å². The van der Waals surface area contributed by atoms with E-state index in [4.69, 9.17) is 11.6 Å². The molecule has 1 aromatic heterocycles. The Kier molecular flexibility index (Phi) is 6.05. The van der Waals surface area contributed by atoms with Gasteiger partial charge in [0.05, 0.1) is 7.05 Å². The zero-order chi connectivity index (χ0) is 14.0. The van der Waals surface area contributed by atoms with Crippen LogP contribution in [-0.4, -0.2) is 10.5 Å². The van der Waals surface area contributed by atoms with Gasteiger partial charge < -0.3 is 17.7 Å². The number of nitrogens with zero attached hydrogens (tertiary/aromatic N) is 2. The number of carbonyl (C=O) groups is 1. The number of anilines is 1. The predicted octanol–water partition coefficient (Wildman–Crippen LogP) is -0.320. The average Bonchev–Trinajstić information content (AvgIpc) is 2.63. The number of nitrogens with one attached hydrogen (secondary N) is 1. The largest absolute Gasteiger partial charge is 1.00 e. The summed E-state index contributed by atoms with van der Waals surface area (Å²) in [6.07, 6.45) is 3.49. The summed E-state index contributed by atoms with van der Waals surface area (Å²) in [4.78, 5) is 11.9. The molecule has 20 heavy (non-hydrogen) atoms. The van der Waals surface area contributed by atoms with Crippen molar-refractivity contribution < 1.29 is 21.8 Å². The summed E-state index contributed by atoms with van der Waals surface area (Å²) in [6, 6.07) is 5.69. The highest BCUT2D eigenvalue weighted by Crippen LogP contribution is 2.19. The van der Waals surface area contributed by atoms with Crippen LogP contribution in [0.3, 0.4) is 0 Å². The van der Waals surface area contributed by atoms with Crippen molar-refractivity contribution in [2.45, 2.75) is 13.5 Å². The second kappa shape index (κ2) is 7.11. The number of hydrogen-bond donors (Lipinski definition) is 1. The predicted molar refractivity (Wildman–Crippen MR) is 78.1 cm³/mol. The summed E-state index contributed by atoms with van der Waals surface area (Å²) < 4.78 is 4.51. The molecule has 0 aliphatic heterocycles. The zero-order valence-electron chi connectivity index (χ0n) is 11.0. The van der Waals surface area contributed by atoms with E-state index in [0.717, 1.165) is 15.7 Å². The van der Waals surface area contributed by atoms with Crippen LogP contribution in [0.2, 0.25) is 5.15 Å². The second-order valence-corrected chi connectivity index (χ2v) is 5.60. The number of rotatable bonds is 3. The molecular weight excluding hydrogens is 365 g/mol. The molecule has 1 amide bonds. The summed E-state index contributed by atoms with van der Waals surface area (Å²) in [6.45, 7) is 2.21. The molecule has 1 aromatic carbocycles. The maximum Gasteiger partial charge on any atom is 0.266 e. The number of carbonyl (C=O) groups excluding carboxylic acids is 1. The third kappa shape index (κ3) is 4.23. The van der Waals surface area contributed by atoms with Gasteiger partial charge in [-0.1, -0.05) is 15.9 Å². The molecule has 2 rings (SSSR count). The number of hydrogen-bond acceptors (Lipinski definition) is 1. The van der Waals surface area contributed by atoms with Crippen LogP contribution in [0.15, 0.2) is 35.2 Å². The Bertz CT molecular complexity index is 609. The molecule has 0 aliphatic carbocycles. The van der Waals surface area contributed by atoms with Gasteiger partial charge in [0.25, 0.3) is 5.91 Å². The number of benzene rings is 1. The molecule has 0 aliphatic rings. The average molecular weight is 379 g/mol. The molecule has 0 bridgehead atoms. The van der Waals surface area contributed by atoms with E-state index in [1.807, 2.05) is 32.2 Å².